The van der Waals surface area contributed by atoms with Crippen LogP contribution in [0.15, 0.2) is 11.6 Å². The van der Waals surface area contributed by atoms with Crippen LogP contribution in [0.5, 0.6) is 0 Å². The van der Waals surface area contributed by atoms with E-state index in [1.165, 1.54) is 19.3 Å². The summed E-state index contributed by atoms with van der Waals surface area (Å²) in [6.45, 7) is 0. The van der Waals surface area contributed by atoms with Crippen LogP contribution in [0.1, 0.15) is 25.7 Å². The van der Waals surface area contributed by atoms with Crippen LogP contribution in [0.3, 0.4) is 0 Å². The van der Waals surface area contributed by atoms with Crippen LogP contribution in [0.2, 0.25) is 0 Å². The lowest BCUT2D eigenvalue weighted by atomic mass is 9.96. The summed E-state index contributed by atoms with van der Waals surface area (Å²) in [6.07, 6.45) is 7.06. The predicted molar refractivity (Wildman–Crippen MR) is 48.2 cm³/mol. The number of fused-ring (bicyclic) bond motifs is 1. The molecule has 0 amide bonds. The van der Waals surface area contributed by atoms with Crippen LogP contribution < -0.4 is 0 Å². The van der Waals surface area contributed by atoms with Gasteiger partial charge in [-0.15, -0.1) is 0 Å². The predicted octanol–water partition coefficient (Wildman–Crippen LogP) is 2.40. The van der Waals surface area contributed by atoms with Crippen molar-refractivity contribution in [2.45, 2.75) is 25.7 Å². The van der Waals surface area contributed by atoms with E-state index >= 15 is 0 Å². The highest BCUT2D eigenvalue weighted by Crippen LogP contribution is 2.44. The summed E-state index contributed by atoms with van der Waals surface area (Å²) < 4.78 is 0. The van der Waals surface area contributed by atoms with Crippen molar-refractivity contribution in [3.05, 3.63) is 11.6 Å². The van der Waals surface area contributed by atoms with E-state index in [2.05, 4.69) is 18.2 Å². The Bertz CT molecular complexity index is 302. The quantitative estimate of drug-likeness (QED) is 0.570. The topological polar surface area (TPSA) is 47.6 Å². The average Bonchev–Trinajstić information content (AvgIpc) is 2.65. The van der Waals surface area contributed by atoms with E-state index in [4.69, 9.17) is 10.5 Å². The van der Waals surface area contributed by atoms with Crippen LogP contribution in [0.4, 0.5) is 0 Å². The Labute approximate surface area is 78.5 Å². The van der Waals surface area contributed by atoms with Gasteiger partial charge < -0.3 is 0 Å². The largest absolute Gasteiger partial charge is 0.197 e. The third-order valence-electron chi connectivity index (χ3n) is 3.27. The standard InChI is InChI=1S/C11H12N2/c12-6-11(7-13)10-4-8-2-1-3-9(8)5-10/h4,8-9,11H,1-3,5H2. The Morgan fingerprint density at radius 3 is 2.69 bits per heavy atom. The minimum Gasteiger partial charge on any atom is -0.197 e. The van der Waals surface area contributed by atoms with Crippen molar-refractivity contribution in [2.24, 2.45) is 17.8 Å². The van der Waals surface area contributed by atoms with Crippen LogP contribution in [0, 0.1) is 40.4 Å². The molecular formula is C11H12N2. The summed E-state index contributed by atoms with van der Waals surface area (Å²) in [5.41, 5.74) is 1.08. The Morgan fingerprint density at radius 2 is 2.08 bits per heavy atom. The number of hydrogen-bond acceptors (Lipinski definition) is 2. The molecule has 0 aromatic carbocycles. The minimum atomic E-state index is -0.481. The highest BCUT2D eigenvalue weighted by Gasteiger charge is 2.33. The van der Waals surface area contributed by atoms with E-state index in [1.54, 1.807) is 0 Å². The zero-order chi connectivity index (χ0) is 9.26. The van der Waals surface area contributed by atoms with Crippen LogP contribution in [0.25, 0.3) is 0 Å². The Hall–Kier alpha value is -1.28. The smallest absolute Gasteiger partial charge is 0.154 e. The second-order valence-electron chi connectivity index (χ2n) is 3.99. The molecule has 2 aliphatic carbocycles. The van der Waals surface area contributed by atoms with E-state index in [0.717, 1.165) is 17.9 Å². The third-order valence-corrected chi connectivity index (χ3v) is 3.27. The molecule has 0 aromatic heterocycles. The lowest BCUT2D eigenvalue weighted by Gasteiger charge is -2.06. The average molecular weight is 172 g/mol. The number of rotatable bonds is 1. The van der Waals surface area contributed by atoms with Gasteiger partial charge in [-0.3, -0.25) is 0 Å². The molecule has 2 nitrogen and oxygen atoms in total. The second-order valence-corrected chi connectivity index (χ2v) is 3.99. The van der Waals surface area contributed by atoms with Gasteiger partial charge in [0.1, 0.15) is 0 Å². The molecule has 0 N–H and O–H groups in total. The van der Waals surface area contributed by atoms with Gasteiger partial charge in [-0.05, 0) is 36.7 Å². The maximum absolute atomic E-state index is 8.74. The minimum absolute atomic E-state index is 0.481. The number of allylic oxidation sites excluding steroid dienone is 2. The summed E-state index contributed by atoms with van der Waals surface area (Å²) in [4.78, 5) is 0. The van der Waals surface area contributed by atoms with E-state index < -0.39 is 5.92 Å². The zero-order valence-corrected chi connectivity index (χ0v) is 7.53. The number of hydrogen-bond donors (Lipinski definition) is 0. The fourth-order valence-corrected chi connectivity index (χ4v) is 2.59. The van der Waals surface area contributed by atoms with Gasteiger partial charge in [0.15, 0.2) is 5.92 Å². The summed E-state index contributed by atoms with van der Waals surface area (Å²) in [7, 11) is 0. The van der Waals surface area contributed by atoms with Crippen LogP contribution in [-0.2, 0) is 0 Å². The molecule has 13 heavy (non-hydrogen) atoms. The molecule has 2 aliphatic rings. The number of nitriles is 2. The molecule has 0 aliphatic heterocycles. The van der Waals surface area contributed by atoms with Gasteiger partial charge in [0, 0.05) is 0 Å². The van der Waals surface area contributed by atoms with Crippen molar-refractivity contribution < 1.29 is 0 Å². The molecule has 2 unspecified atom stereocenters. The molecule has 2 atom stereocenters. The first-order valence-corrected chi connectivity index (χ1v) is 4.85. The van der Waals surface area contributed by atoms with Gasteiger partial charge in [0.2, 0.25) is 0 Å². The van der Waals surface area contributed by atoms with Crippen molar-refractivity contribution in [3.63, 3.8) is 0 Å². The van der Waals surface area contributed by atoms with E-state index in [0.29, 0.717) is 5.92 Å². The fraction of sp³-hybridized carbons (Fsp3) is 0.636. The van der Waals surface area contributed by atoms with Gasteiger partial charge >= 0.3 is 0 Å². The van der Waals surface area contributed by atoms with Crippen molar-refractivity contribution in [3.8, 4) is 12.1 Å². The highest BCUT2D eigenvalue weighted by molar-refractivity contribution is 5.28. The SMILES string of the molecule is N#CC(C#N)C1=CC2CCCC2C1. The molecule has 2 rings (SSSR count). The molecule has 0 bridgehead atoms. The summed E-state index contributed by atoms with van der Waals surface area (Å²) >= 11 is 0. The summed E-state index contributed by atoms with van der Waals surface area (Å²) in [5, 5.41) is 17.5. The number of nitrogens with zero attached hydrogens (tertiary/aromatic N) is 2. The van der Waals surface area contributed by atoms with Gasteiger partial charge in [0.05, 0.1) is 12.1 Å². The van der Waals surface area contributed by atoms with Crippen molar-refractivity contribution >= 4 is 0 Å². The first-order valence-electron chi connectivity index (χ1n) is 4.85. The highest BCUT2D eigenvalue weighted by atomic mass is 14.4. The van der Waals surface area contributed by atoms with Gasteiger partial charge in [-0.2, -0.15) is 10.5 Å². The van der Waals surface area contributed by atoms with Crippen LogP contribution in [-0.4, -0.2) is 0 Å². The second kappa shape index (κ2) is 3.23. The molecule has 0 radical (unpaired) electrons. The molecule has 0 saturated heterocycles. The molecule has 66 valence electrons. The Balaban J connectivity index is 2.12. The van der Waals surface area contributed by atoms with Gasteiger partial charge in [0.25, 0.3) is 0 Å². The lowest BCUT2D eigenvalue weighted by Crippen LogP contribution is -1.99. The molecular weight excluding hydrogens is 160 g/mol. The maximum Gasteiger partial charge on any atom is 0.154 e. The third kappa shape index (κ3) is 1.33. The molecule has 1 fully saturated rings. The van der Waals surface area contributed by atoms with Gasteiger partial charge in [-0.25, -0.2) is 0 Å². The summed E-state index contributed by atoms with van der Waals surface area (Å²) in [5.74, 6) is 0.948. The lowest BCUT2D eigenvalue weighted by molar-refractivity contribution is 0.488. The van der Waals surface area contributed by atoms with Gasteiger partial charge in [-0.1, -0.05) is 12.5 Å². The molecule has 0 aromatic rings. The first kappa shape index (κ1) is 8.32. The molecule has 1 saturated carbocycles. The van der Waals surface area contributed by atoms with Crippen LogP contribution >= 0.6 is 0 Å². The maximum atomic E-state index is 8.74. The molecule has 0 heterocycles. The normalized spacial score (nSPS) is 30.8. The molecule has 2 heteroatoms. The zero-order valence-electron chi connectivity index (χ0n) is 7.53. The van der Waals surface area contributed by atoms with Crippen molar-refractivity contribution in [2.75, 3.05) is 0 Å². The van der Waals surface area contributed by atoms with Crippen molar-refractivity contribution in [1.82, 2.24) is 0 Å². The van der Waals surface area contributed by atoms with Crippen molar-refractivity contribution in [1.29, 1.82) is 10.5 Å². The molecule has 0 spiro atoms. The summed E-state index contributed by atoms with van der Waals surface area (Å²) in [6, 6.07) is 4.11. The first-order chi connectivity index (χ1) is 6.35. The van der Waals surface area contributed by atoms with E-state index in [1.807, 2.05) is 0 Å². The monoisotopic (exact) mass is 172 g/mol. The Morgan fingerprint density at radius 1 is 1.31 bits per heavy atom. The van der Waals surface area contributed by atoms with E-state index in [9.17, 15) is 0 Å². The Kier molecular flexibility index (Phi) is 2.07. The fourth-order valence-electron chi connectivity index (χ4n) is 2.59. The van der Waals surface area contributed by atoms with E-state index in [-0.39, 0.29) is 0 Å².